The predicted molar refractivity (Wildman–Crippen MR) is 45.7 cm³/mol. The Kier molecular flexibility index (Phi) is 8.37. The van der Waals surface area contributed by atoms with Gasteiger partial charge in [0.15, 0.2) is 0 Å². The Morgan fingerprint density at radius 1 is 0.800 bits per heavy atom. The van der Waals surface area contributed by atoms with Gasteiger partial charge in [-0.15, -0.1) is 0 Å². The minimum atomic E-state index is 0.793. The highest BCUT2D eigenvalue weighted by molar-refractivity contribution is 4.81. The van der Waals surface area contributed by atoms with Gasteiger partial charge in [-0.3, -0.25) is 0 Å². The van der Waals surface area contributed by atoms with Crippen molar-refractivity contribution >= 4 is 0 Å². The van der Waals surface area contributed by atoms with E-state index in [9.17, 15) is 0 Å². The van der Waals surface area contributed by atoms with Gasteiger partial charge in [0.25, 0.3) is 0 Å². The summed E-state index contributed by atoms with van der Waals surface area (Å²) in [6.07, 6.45) is 8.78. The monoisotopic (exact) mass is 142 g/mol. The fraction of sp³-hybridized carbons (Fsp3) is 0.750. The van der Waals surface area contributed by atoms with E-state index >= 15 is 0 Å². The first-order valence-electron chi connectivity index (χ1n) is 3.97. The molecule has 0 unspecified atom stereocenters. The molecule has 0 atom stereocenters. The Bertz CT molecular complexity index is 69.3. The topological polar surface area (TPSA) is 52.0 Å². The molecule has 0 rings (SSSR count). The number of allylic oxidation sites excluding steroid dienone is 2. The molecule has 0 fully saturated rings. The highest BCUT2D eigenvalue weighted by Gasteiger charge is 1.78. The Balaban J connectivity index is 2.89. The van der Waals surface area contributed by atoms with Crippen LogP contribution in [0.5, 0.6) is 0 Å². The van der Waals surface area contributed by atoms with Gasteiger partial charge in [-0.2, -0.15) is 0 Å². The Hall–Kier alpha value is -0.340. The van der Waals surface area contributed by atoms with E-state index < -0.39 is 0 Å². The second kappa shape index (κ2) is 8.66. The van der Waals surface area contributed by atoms with Gasteiger partial charge in [0.2, 0.25) is 0 Å². The maximum Gasteiger partial charge on any atom is -0.00743 e. The Labute approximate surface area is 63.3 Å². The SMILES string of the molecule is NCCCC=CCCCN. The van der Waals surface area contributed by atoms with Crippen molar-refractivity contribution in [3.63, 3.8) is 0 Å². The van der Waals surface area contributed by atoms with Gasteiger partial charge in [-0.25, -0.2) is 0 Å². The molecule has 0 aromatic heterocycles. The molecule has 2 nitrogen and oxygen atoms in total. The summed E-state index contributed by atoms with van der Waals surface area (Å²) in [5.74, 6) is 0. The van der Waals surface area contributed by atoms with E-state index in [4.69, 9.17) is 11.5 Å². The Morgan fingerprint density at radius 3 is 1.50 bits per heavy atom. The number of hydrogen-bond donors (Lipinski definition) is 2. The summed E-state index contributed by atoms with van der Waals surface area (Å²) in [6.45, 7) is 1.59. The molecule has 2 heteroatoms. The lowest BCUT2D eigenvalue weighted by Crippen LogP contribution is -1.97. The maximum absolute atomic E-state index is 5.32. The van der Waals surface area contributed by atoms with Crippen LogP contribution in [0.4, 0.5) is 0 Å². The van der Waals surface area contributed by atoms with E-state index in [2.05, 4.69) is 12.2 Å². The highest BCUT2D eigenvalue weighted by atomic mass is 14.5. The quantitative estimate of drug-likeness (QED) is 0.430. The van der Waals surface area contributed by atoms with Crippen LogP contribution in [0.3, 0.4) is 0 Å². The van der Waals surface area contributed by atoms with E-state index in [1.165, 1.54) is 0 Å². The third-order valence-electron chi connectivity index (χ3n) is 1.32. The third-order valence-corrected chi connectivity index (χ3v) is 1.32. The second-order valence-electron chi connectivity index (χ2n) is 2.33. The van der Waals surface area contributed by atoms with Crippen LogP contribution in [0.15, 0.2) is 12.2 Å². The van der Waals surface area contributed by atoms with E-state index in [-0.39, 0.29) is 0 Å². The zero-order valence-corrected chi connectivity index (χ0v) is 6.55. The van der Waals surface area contributed by atoms with Crippen molar-refractivity contribution < 1.29 is 0 Å². The van der Waals surface area contributed by atoms with Gasteiger partial charge >= 0.3 is 0 Å². The second-order valence-corrected chi connectivity index (χ2v) is 2.33. The molecule has 0 aliphatic rings. The van der Waals surface area contributed by atoms with Crippen LogP contribution < -0.4 is 11.5 Å². The van der Waals surface area contributed by atoms with Crippen molar-refractivity contribution in [2.45, 2.75) is 25.7 Å². The smallest absolute Gasteiger partial charge is 0.00743 e. The van der Waals surface area contributed by atoms with E-state index in [0.29, 0.717) is 0 Å². The molecule has 0 bridgehead atoms. The molecule has 0 saturated heterocycles. The van der Waals surface area contributed by atoms with Gasteiger partial charge in [-0.05, 0) is 38.8 Å². The molecule has 10 heavy (non-hydrogen) atoms. The predicted octanol–water partition coefficient (Wildman–Crippen LogP) is 1.02. The maximum atomic E-state index is 5.32. The third kappa shape index (κ3) is 7.66. The van der Waals surface area contributed by atoms with Crippen LogP contribution in [0, 0.1) is 0 Å². The minimum absolute atomic E-state index is 0.793. The summed E-state index contributed by atoms with van der Waals surface area (Å²) in [4.78, 5) is 0. The molecular formula is C8H18N2. The summed E-state index contributed by atoms with van der Waals surface area (Å²) in [7, 11) is 0. The summed E-state index contributed by atoms with van der Waals surface area (Å²) >= 11 is 0. The van der Waals surface area contributed by atoms with Crippen molar-refractivity contribution in [3.8, 4) is 0 Å². The number of unbranched alkanes of at least 4 members (excludes halogenated alkanes) is 2. The average molecular weight is 142 g/mol. The van der Waals surface area contributed by atoms with Gasteiger partial charge in [-0.1, -0.05) is 12.2 Å². The minimum Gasteiger partial charge on any atom is -0.330 e. The fourth-order valence-corrected chi connectivity index (χ4v) is 0.707. The zero-order valence-electron chi connectivity index (χ0n) is 6.55. The number of hydrogen-bond acceptors (Lipinski definition) is 2. The van der Waals surface area contributed by atoms with Crippen LogP contribution >= 0.6 is 0 Å². The van der Waals surface area contributed by atoms with Crippen LogP contribution in [0.25, 0.3) is 0 Å². The summed E-state index contributed by atoms with van der Waals surface area (Å²) in [5.41, 5.74) is 10.6. The van der Waals surface area contributed by atoms with Crippen molar-refractivity contribution in [2.75, 3.05) is 13.1 Å². The van der Waals surface area contributed by atoms with Crippen molar-refractivity contribution in [1.82, 2.24) is 0 Å². The lowest BCUT2D eigenvalue weighted by atomic mass is 10.2. The molecule has 0 heterocycles. The first kappa shape index (κ1) is 9.66. The molecular weight excluding hydrogens is 124 g/mol. The lowest BCUT2D eigenvalue weighted by molar-refractivity contribution is 0.831. The first-order valence-corrected chi connectivity index (χ1v) is 3.97. The van der Waals surface area contributed by atoms with Gasteiger partial charge in [0, 0.05) is 0 Å². The van der Waals surface area contributed by atoms with E-state index in [1.54, 1.807) is 0 Å². The number of nitrogens with two attached hydrogens (primary N) is 2. The molecule has 60 valence electrons. The van der Waals surface area contributed by atoms with Crippen molar-refractivity contribution in [2.24, 2.45) is 11.5 Å². The Morgan fingerprint density at radius 2 is 1.20 bits per heavy atom. The fourth-order valence-electron chi connectivity index (χ4n) is 0.707. The van der Waals surface area contributed by atoms with Crippen LogP contribution in [0.2, 0.25) is 0 Å². The van der Waals surface area contributed by atoms with Gasteiger partial charge in [0.05, 0.1) is 0 Å². The molecule has 0 aromatic carbocycles. The number of rotatable bonds is 6. The van der Waals surface area contributed by atoms with E-state index in [1.807, 2.05) is 0 Å². The zero-order chi connectivity index (χ0) is 7.66. The molecule has 0 amide bonds. The highest BCUT2D eigenvalue weighted by Crippen LogP contribution is 1.92. The summed E-state index contributed by atoms with van der Waals surface area (Å²) in [5, 5.41) is 0. The van der Waals surface area contributed by atoms with Crippen LogP contribution in [-0.4, -0.2) is 13.1 Å². The van der Waals surface area contributed by atoms with Crippen molar-refractivity contribution in [1.29, 1.82) is 0 Å². The molecule has 0 saturated carbocycles. The lowest BCUT2D eigenvalue weighted by Gasteiger charge is -1.89. The standard InChI is InChI=1S/C8H18N2/c9-7-5-3-1-2-4-6-8-10/h1-2H,3-10H2. The van der Waals surface area contributed by atoms with Gasteiger partial charge < -0.3 is 11.5 Å². The largest absolute Gasteiger partial charge is 0.330 e. The molecule has 0 aromatic rings. The van der Waals surface area contributed by atoms with Crippen molar-refractivity contribution in [3.05, 3.63) is 12.2 Å². The molecule has 0 aliphatic carbocycles. The van der Waals surface area contributed by atoms with E-state index in [0.717, 1.165) is 38.8 Å². The molecule has 0 radical (unpaired) electrons. The normalized spacial score (nSPS) is 11.0. The molecule has 0 spiro atoms. The van der Waals surface area contributed by atoms with Crippen LogP contribution in [0.1, 0.15) is 25.7 Å². The molecule has 4 N–H and O–H groups in total. The average Bonchev–Trinajstić information content (AvgIpc) is 1.97. The summed E-state index contributed by atoms with van der Waals surface area (Å²) in [6, 6.07) is 0. The first-order chi connectivity index (χ1) is 4.91. The summed E-state index contributed by atoms with van der Waals surface area (Å²) < 4.78 is 0. The van der Waals surface area contributed by atoms with Gasteiger partial charge in [0.1, 0.15) is 0 Å². The van der Waals surface area contributed by atoms with Crippen LogP contribution in [-0.2, 0) is 0 Å². The molecule has 0 aliphatic heterocycles.